The average molecular weight is 969 g/mol. The normalized spacial score (nSPS) is 11.4. The van der Waals surface area contributed by atoms with E-state index in [-0.39, 0.29) is 0 Å². The Balaban J connectivity index is 1.08. The van der Waals surface area contributed by atoms with Gasteiger partial charge in [0, 0.05) is 0 Å². The number of rotatable bonds is 2. The number of hydrogen-bond acceptors (Lipinski definition) is 0. The van der Waals surface area contributed by atoms with Crippen molar-refractivity contribution >= 4 is 0 Å². The molecule has 12 aromatic carbocycles. The molecule has 76 heavy (non-hydrogen) atoms. The fourth-order valence-corrected chi connectivity index (χ4v) is 11.5. The Morgan fingerprint density at radius 1 is 0.158 bits per heavy atom. The van der Waals surface area contributed by atoms with Crippen LogP contribution in [0.2, 0.25) is 0 Å². The highest BCUT2D eigenvalue weighted by atomic mass is 14.1. The largest absolute Gasteiger partial charge is 0.0616 e. The zero-order valence-electron chi connectivity index (χ0n) is 43.0. The van der Waals surface area contributed by atoms with Crippen LogP contribution in [0, 0.1) is 125 Å². The molecule has 0 fully saturated rings. The Bertz CT molecular complexity index is 5050. The van der Waals surface area contributed by atoms with Gasteiger partial charge in [0.1, 0.15) is 0 Å². The van der Waals surface area contributed by atoms with Gasteiger partial charge in [-0.1, -0.05) is 293 Å². The molecule has 25 rings (SSSR count). The van der Waals surface area contributed by atoms with E-state index in [4.69, 9.17) is 0 Å². The van der Waals surface area contributed by atoms with Crippen LogP contribution in [0.1, 0.15) is 25.0 Å². The third-order valence-corrected chi connectivity index (χ3v) is 15.8. The monoisotopic (exact) mass is 968 g/mol. The molecule has 13 aliphatic rings. The maximum absolute atomic E-state index is 2.44. The van der Waals surface area contributed by atoms with Crippen molar-refractivity contribution in [1.29, 1.82) is 0 Å². The van der Waals surface area contributed by atoms with Crippen molar-refractivity contribution in [2.24, 2.45) is 0 Å². The molecule has 0 amide bonds. The lowest BCUT2D eigenvalue weighted by molar-refractivity contribution is 1.03. The quantitative estimate of drug-likeness (QED) is 0.162. The van der Waals surface area contributed by atoms with Gasteiger partial charge in [-0.15, -0.1) is 0 Å². The van der Waals surface area contributed by atoms with Crippen molar-refractivity contribution in [2.45, 2.75) is 26.7 Å². The van der Waals surface area contributed by atoms with Gasteiger partial charge in [0.25, 0.3) is 0 Å². The van der Waals surface area contributed by atoms with Gasteiger partial charge in [-0.2, -0.15) is 0 Å². The Hall–Kier alpha value is -9.36. The standard InChI is InChI=1S/C76H56/c1-3-51-49-75-67-45-29-59(30-46-67)57-25-41-65(42-26-57)73-15-9-7-13-71(73)63-37-21-55(22-38-63)53-17-33-61(34-18-53)69-11-5-6-12-70(69)62-35-19-54(20-36-62)56-23-39-64(40-24-56)72-14-8-10-16-74(72)66-43-27-58(28-44-66)60-31-47-68(48-32-60)76(75)50-52(51)4-2/h5-50H,3-4H2,1-2H3. The van der Waals surface area contributed by atoms with E-state index >= 15 is 0 Å². The molecule has 0 N–H and O–H groups in total. The summed E-state index contributed by atoms with van der Waals surface area (Å²) in [5.41, 5.74) is 2.82. The highest BCUT2D eigenvalue weighted by molar-refractivity contribution is 5.35. The van der Waals surface area contributed by atoms with Crippen LogP contribution in [0.15, 0.2) is 279 Å². The van der Waals surface area contributed by atoms with Gasteiger partial charge in [-0.05, 0) is 149 Å². The summed E-state index contributed by atoms with van der Waals surface area (Å²) in [7, 11) is 0. The zero-order valence-corrected chi connectivity index (χ0v) is 43.0. The molecule has 0 radical (unpaired) electrons. The van der Waals surface area contributed by atoms with Crippen LogP contribution in [0.5, 0.6) is 0 Å². The van der Waals surface area contributed by atoms with Crippen LogP contribution in [-0.2, 0) is 12.8 Å². The highest BCUT2D eigenvalue weighted by Crippen LogP contribution is 2.17. The summed E-state index contributed by atoms with van der Waals surface area (Å²) in [6.07, 6.45) is 2.00. The van der Waals surface area contributed by atoms with Gasteiger partial charge in [0.05, 0.1) is 0 Å². The molecule has 0 aliphatic heterocycles. The predicted molar refractivity (Wildman–Crippen MR) is 308 cm³/mol. The van der Waals surface area contributed by atoms with Crippen molar-refractivity contribution in [3.63, 3.8) is 0 Å². The summed E-state index contributed by atoms with van der Waals surface area (Å²) in [6, 6.07) is 104. The lowest BCUT2D eigenvalue weighted by atomic mass is 9.98. The number of hydrogen-bond donors (Lipinski definition) is 0. The Kier molecular flexibility index (Phi) is 12.3. The molecule has 0 heteroatoms. The summed E-state index contributed by atoms with van der Waals surface area (Å²) >= 11 is 0. The SMILES string of the molecule is CCc1cc2c(cc1CC)=c1ccc(cc1)=c1ccc(cc1)=c1ccccc1=c1ccc(cc1)=c1ccc(cc1)=c1ccccc1=c1ccc(cc1)=c1ccc(cc1)=c1ccccc1=c1ccc(cc1)=c1ccc=2cc1. The second-order valence-corrected chi connectivity index (χ2v) is 20.1. The Morgan fingerprint density at radius 2 is 0.289 bits per heavy atom. The van der Waals surface area contributed by atoms with Gasteiger partial charge in [0.2, 0.25) is 0 Å². The second-order valence-electron chi connectivity index (χ2n) is 20.1. The van der Waals surface area contributed by atoms with E-state index in [0.717, 1.165) is 12.8 Å². The van der Waals surface area contributed by atoms with E-state index in [1.165, 1.54) is 136 Å². The fourth-order valence-electron chi connectivity index (χ4n) is 11.5. The molecular formula is C76H56. The van der Waals surface area contributed by atoms with Crippen LogP contribution < -0.4 is 0 Å². The third kappa shape index (κ3) is 8.89. The summed E-state index contributed by atoms with van der Waals surface area (Å²) in [6.45, 7) is 4.55. The summed E-state index contributed by atoms with van der Waals surface area (Å²) in [4.78, 5) is 0. The van der Waals surface area contributed by atoms with Crippen molar-refractivity contribution in [1.82, 2.24) is 0 Å². The zero-order chi connectivity index (χ0) is 51.0. The molecule has 12 aromatic rings. The number of aryl methyl sites for hydroxylation is 2. The van der Waals surface area contributed by atoms with E-state index in [1.54, 1.807) is 0 Å². The molecular weight excluding hydrogens is 913 g/mol. The van der Waals surface area contributed by atoms with Crippen LogP contribution in [0.25, 0.3) is 0 Å². The molecule has 0 nitrogen and oxygen atoms in total. The smallest absolute Gasteiger partial charge is 0.0102 e. The van der Waals surface area contributed by atoms with Gasteiger partial charge >= 0.3 is 0 Å². The van der Waals surface area contributed by atoms with E-state index < -0.39 is 0 Å². The maximum Gasteiger partial charge on any atom is -0.0102 e. The van der Waals surface area contributed by atoms with Gasteiger partial charge in [0.15, 0.2) is 0 Å². The minimum absolute atomic E-state index is 1.00. The number of benzene rings is 12. The molecule has 360 valence electrons. The van der Waals surface area contributed by atoms with Gasteiger partial charge in [-0.3, -0.25) is 0 Å². The van der Waals surface area contributed by atoms with Crippen LogP contribution in [0.3, 0.4) is 0 Å². The first-order valence-corrected chi connectivity index (χ1v) is 26.8. The molecule has 0 aromatic heterocycles. The van der Waals surface area contributed by atoms with Crippen molar-refractivity contribution in [3.8, 4) is 0 Å². The lowest BCUT2D eigenvalue weighted by Crippen LogP contribution is -1.93. The minimum atomic E-state index is 1.00. The maximum atomic E-state index is 2.44. The van der Waals surface area contributed by atoms with Crippen LogP contribution >= 0.6 is 0 Å². The Labute approximate surface area is 439 Å². The molecule has 0 unspecified atom stereocenters. The molecule has 16 bridgehead atoms. The molecule has 0 heterocycles. The van der Waals surface area contributed by atoms with E-state index in [2.05, 4.69) is 293 Å². The first-order valence-electron chi connectivity index (χ1n) is 26.8. The van der Waals surface area contributed by atoms with Crippen molar-refractivity contribution < 1.29 is 0 Å². The Morgan fingerprint density at radius 3 is 0.434 bits per heavy atom. The topological polar surface area (TPSA) is 0 Å². The van der Waals surface area contributed by atoms with Crippen LogP contribution in [-0.4, -0.2) is 0 Å². The highest BCUT2D eigenvalue weighted by Gasteiger charge is 2.03. The van der Waals surface area contributed by atoms with E-state index in [9.17, 15) is 0 Å². The molecule has 13 aliphatic carbocycles. The van der Waals surface area contributed by atoms with Gasteiger partial charge < -0.3 is 0 Å². The molecule has 0 atom stereocenters. The summed E-state index contributed by atoms with van der Waals surface area (Å²) < 4.78 is 0. The average Bonchev–Trinajstić information content (AvgIpc) is 3.51. The predicted octanol–water partition coefficient (Wildman–Crippen LogP) is 16.6. The van der Waals surface area contributed by atoms with Crippen LogP contribution in [0.4, 0.5) is 0 Å². The van der Waals surface area contributed by atoms with E-state index in [1.807, 2.05) is 0 Å². The first kappa shape index (κ1) is 46.4. The molecule has 0 saturated carbocycles. The molecule has 0 spiro atoms. The van der Waals surface area contributed by atoms with Gasteiger partial charge in [-0.25, -0.2) is 0 Å². The fraction of sp³-hybridized carbons (Fsp3) is 0.0526. The van der Waals surface area contributed by atoms with Crippen molar-refractivity contribution in [2.75, 3.05) is 0 Å². The second kappa shape index (κ2) is 20.2. The summed E-state index contributed by atoms with van der Waals surface area (Å²) in [5.74, 6) is 0. The first-order chi connectivity index (χ1) is 37.5. The van der Waals surface area contributed by atoms with Crippen molar-refractivity contribution in [3.05, 3.63) is 415 Å². The van der Waals surface area contributed by atoms with E-state index in [0.29, 0.717) is 0 Å². The minimum Gasteiger partial charge on any atom is -0.0616 e. The molecule has 0 saturated heterocycles. The summed E-state index contributed by atoms with van der Waals surface area (Å²) in [5, 5.41) is 29.1. The lowest BCUT2D eigenvalue weighted by Gasteiger charge is -2.07. The third-order valence-electron chi connectivity index (χ3n) is 15.8.